The summed E-state index contributed by atoms with van der Waals surface area (Å²) in [5.74, 6) is -0.0454. The molecule has 0 N–H and O–H groups in total. The first-order chi connectivity index (χ1) is 4.81. The number of hydrogen-bond acceptors (Lipinski definition) is 2. The van der Waals surface area contributed by atoms with Gasteiger partial charge in [-0.25, -0.2) is 0 Å². The molecule has 11 heavy (non-hydrogen) atoms. The minimum atomic E-state index is -0.0454. The van der Waals surface area contributed by atoms with Crippen LogP contribution in [0, 0.1) is 0 Å². The van der Waals surface area contributed by atoms with Crippen LogP contribution in [0.25, 0.3) is 0 Å². The van der Waals surface area contributed by atoms with E-state index in [4.69, 9.17) is 4.74 Å². The van der Waals surface area contributed by atoms with Crippen molar-refractivity contribution in [1.29, 1.82) is 0 Å². The van der Waals surface area contributed by atoms with Crippen LogP contribution < -0.4 is 0 Å². The second-order valence-corrected chi connectivity index (χ2v) is 3.60. The molecule has 0 fully saturated rings. The van der Waals surface area contributed by atoms with Gasteiger partial charge in [0.1, 0.15) is 0 Å². The summed E-state index contributed by atoms with van der Waals surface area (Å²) in [5.41, 5.74) is 0. The van der Waals surface area contributed by atoms with E-state index in [-0.39, 0.29) is 23.0 Å². The second kappa shape index (κ2) is 10.6. The molecule has 0 bridgehead atoms. The van der Waals surface area contributed by atoms with Crippen molar-refractivity contribution < 1.29 is 27.8 Å². The van der Waals surface area contributed by atoms with E-state index >= 15 is 0 Å². The summed E-state index contributed by atoms with van der Waals surface area (Å²) in [6.45, 7) is 2.35. The molecule has 0 unspecified atom stereocenters. The maximum absolute atomic E-state index is 10.7. The van der Waals surface area contributed by atoms with Crippen molar-refractivity contribution in [3.05, 3.63) is 0 Å². The average Bonchev–Trinajstić information content (AvgIpc) is 1.89. The Hall–Kier alpha value is 0.573. The Morgan fingerprint density at radius 2 is 2.09 bits per heavy atom. The van der Waals surface area contributed by atoms with E-state index in [1.54, 1.807) is 0 Å². The van der Waals surface area contributed by atoms with Crippen molar-refractivity contribution in [2.75, 3.05) is 6.61 Å². The Labute approximate surface area is 88.5 Å². The molecule has 0 aromatic rings. The summed E-state index contributed by atoms with van der Waals surface area (Å²) < 4.78 is 4.76. The van der Waals surface area contributed by atoms with Gasteiger partial charge in [-0.3, -0.25) is 0 Å². The van der Waals surface area contributed by atoms with Crippen molar-refractivity contribution in [1.82, 2.24) is 0 Å². The van der Waals surface area contributed by atoms with Crippen LogP contribution in [0.2, 0.25) is 5.02 Å². The van der Waals surface area contributed by atoms with Gasteiger partial charge in [-0.15, -0.1) is 17.0 Å². The number of carbonyl (C=O) groups is 1. The summed E-state index contributed by atoms with van der Waals surface area (Å²) in [4.78, 5) is 10.7. The van der Waals surface area contributed by atoms with Crippen LogP contribution in [0.5, 0.6) is 0 Å². The van der Waals surface area contributed by atoms with Crippen molar-refractivity contribution in [3.63, 3.8) is 0 Å². The molecule has 2 nitrogen and oxygen atoms in total. The van der Waals surface area contributed by atoms with Crippen LogP contribution in [-0.2, 0) is 27.8 Å². The molecule has 0 aromatic heterocycles. The molecule has 0 amide bonds. The first kappa shape index (κ1) is 14.1. The molecule has 0 atom stereocenters. The van der Waals surface area contributed by atoms with Crippen LogP contribution in [-0.4, -0.2) is 12.6 Å². The molecule has 0 aromatic carbocycles. The van der Waals surface area contributed by atoms with Crippen molar-refractivity contribution in [3.8, 4) is 0 Å². The van der Waals surface area contributed by atoms with Gasteiger partial charge in [0.2, 0.25) is 0 Å². The molecule has 0 saturated heterocycles. The van der Waals surface area contributed by atoms with E-state index in [1.165, 1.54) is 29.7 Å². The van der Waals surface area contributed by atoms with Gasteiger partial charge in [-0.05, 0) is 0 Å². The Kier molecular flexibility index (Phi) is 13.6. The molecule has 4 heteroatoms. The van der Waals surface area contributed by atoms with Gasteiger partial charge in [0.05, 0.1) is 0 Å². The predicted octanol–water partition coefficient (Wildman–Crippen LogP) is 2.26. The quantitative estimate of drug-likeness (QED) is 0.437. The van der Waals surface area contributed by atoms with Crippen LogP contribution in [0.4, 0.5) is 0 Å². The van der Waals surface area contributed by atoms with Crippen LogP contribution in [0.15, 0.2) is 0 Å². The second-order valence-electron chi connectivity index (χ2n) is 2.12. The first-order valence-electron chi connectivity index (χ1n) is 3.76. The third kappa shape index (κ3) is 10.6. The molecular weight excluding hydrogens is 261 g/mol. The van der Waals surface area contributed by atoms with Crippen molar-refractivity contribution >= 4 is 23.0 Å². The zero-order valence-electron chi connectivity index (χ0n) is 6.97. The Morgan fingerprint density at radius 3 is 2.55 bits per heavy atom. The molecule has 63 valence electrons. The number of rotatable bonds is 5. The monoisotopic (exact) mass is 273 g/mol. The SMILES string of the molecule is Br.CCOC(=O)CCC[CH2][Zn]. The predicted molar refractivity (Wildman–Crippen MR) is 45.6 cm³/mol. The first-order valence-corrected chi connectivity index (χ1v) is 5.86. The average molecular weight is 275 g/mol. The Morgan fingerprint density at radius 1 is 1.45 bits per heavy atom. The van der Waals surface area contributed by atoms with Crippen LogP contribution >= 0.6 is 17.0 Å². The molecule has 0 aliphatic carbocycles. The fourth-order valence-corrected chi connectivity index (χ4v) is 1.42. The van der Waals surface area contributed by atoms with Crippen molar-refractivity contribution in [2.45, 2.75) is 31.2 Å². The van der Waals surface area contributed by atoms with Gasteiger partial charge in [-0.2, -0.15) is 0 Å². The van der Waals surface area contributed by atoms with Gasteiger partial charge < -0.3 is 0 Å². The van der Waals surface area contributed by atoms with Gasteiger partial charge in [0.25, 0.3) is 0 Å². The summed E-state index contributed by atoms with van der Waals surface area (Å²) in [6, 6.07) is 0. The summed E-state index contributed by atoms with van der Waals surface area (Å²) >= 11 is 1.34. The summed E-state index contributed by atoms with van der Waals surface area (Å²) in [6.07, 6.45) is 2.78. The number of hydrogen-bond donors (Lipinski definition) is 0. The zero-order valence-corrected chi connectivity index (χ0v) is 11.6. The molecule has 0 rings (SSSR count). The molecular formula is C7H14BrO2Zn. The number of unbranched alkanes of at least 4 members (excludes halogenated alkanes) is 1. The fourth-order valence-electron chi connectivity index (χ4n) is 0.679. The van der Waals surface area contributed by atoms with E-state index in [9.17, 15) is 4.79 Å². The van der Waals surface area contributed by atoms with Crippen LogP contribution in [0.3, 0.4) is 0 Å². The zero-order chi connectivity index (χ0) is 7.82. The van der Waals surface area contributed by atoms with Crippen molar-refractivity contribution in [2.24, 2.45) is 0 Å². The molecule has 0 spiro atoms. The number of ether oxygens (including phenoxy) is 1. The number of halogens is 1. The van der Waals surface area contributed by atoms with E-state index < -0.39 is 0 Å². The minimum absolute atomic E-state index is 0. The van der Waals surface area contributed by atoms with Gasteiger partial charge >= 0.3 is 71.6 Å². The van der Waals surface area contributed by atoms with Gasteiger partial charge in [0.15, 0.2) is 0 Å². The number of carbonyl (C=O) groups excluding carboxylic acids is 1. The Bertz CT molecular complexity index is 98.4. The van der Waals surface area contributed by atoms with Gasteiger partial charge in [0, 0.05) is 0 Å². The molecule has 0 aliphatic heterocycles. The maximum atomic E-state index is 10.7. The molecule has 0 radical (unpaired) electrons. The van der Waals surface area contributed by atoms with E-state index in [2.05, 4.69) is 0 Å². The third-order valence-electron chi connectivity index (χ3n) is 1.19. The standard InChI is InChI=1S/C7H13O2.BrH.Zn/c1-3-5-6-7(8)9-4-2;;/h1,3-6H2,2H3;1H;. The van der Waals surface area contributed by atoms with E-state index in [1.807, 2.05) is 6.92 Å². The van der Waals surface area contributed by atoms with Gasteiger partial charge in [-0.1, -0.05) is 0 Å². The van der Waals surface area contributed by atoms with Crippen LogP contribution in [0.1, 0.15) is 26.2 Å². The van der Waals surface area contributed by atoms with E-state index in [0.717, 1.165) is 6.42 Å². The molecule has 0 aliphatic rings. The summed E-state index contributed by atoms with van der Waals surface area (Å²) in [7, 11) is 0. The normalized spacial score (nSPS) is 8.64. The topological polar surface area (TPSA) is 26.3 Å². The fraction of sp³-hybridized carbons (Fsp3) is 0.857. The molecule has 0 heterocycles. The Balaban J connectivity index is 0. The summed E-state index contributed by atoms with van der Waals surface area (Å²) in [5, 5.41) is 1.28. The van der Waals surface area contributed by atoms with E-state index in [0.29, 0.717) is 13.0 Å². The third-order valence-corrected chi connectivity index (χ3v) is 2.24. The molecule has 0 saturated carbocycles. The number of esters is 1.